The average molecular weight is 322 g/mol. The number of methoxy groups -OCH3 is 1. The molecule has 1 aromatic carbocycles. The molecule has 0 saturated heterocycles. The number of hydrogen-bond acceptors (Lipinski definition) is 6. The SMILES string of the molecule is COC(=O)C(N)CCSCc1csc(-c2ccccc2)n1. The van der Waals surface area contributed by atoms with Gasteiger partial charge in [-0.3, -0.25) is 4.79 Å². The van der Waals surface area contributed by atoms with Gasteiger partial charge >= 0.3 is 5.97 Å². The van der Waals surface area contributed by atoms with E-state index in [0.717, 1.165) is 27.8 Å². The van der Waals surface area contributed by atoms with Crippen LogP contribution in [-0.4, -0.2) is 29.9 Å². The zero-order valence-corrected chi connectivity index (χ0v) is 13.5. The Bertz CT molecular complexity index is 572. The van der Waals surface area contributed by atoms with Gasteiger partial charge in [0.05, 0.1) is 12.8 Å². The summed E-state index contributed by atoms with van der Waals surface area (Å²) in [6.07, 6.45) is 0.618. The van der Waals surface area contributed by atoms with Crippen LogP contribution >= 0.6 is 23.1 Å². The fourth-order valence-corrected chi connectivity index (χ4v) is 3.60. The number of rotatable bonds is 7. The number of nitrogens with two attached hydrogens (primary N) is 1. The predicted octanol–water partition coefficient (Wildman–Crippen LogP) is 2.93. The third-order valence-corrected chi connectivity index (χ3v) is 4.86. The number of aromatic nitrogens is 1. The minimum atomic E-state index is -0.530. The Labute approximate surface area is 132 Å². The molecule has 0 saturated carbocycles. The van der Waals surface area contributed by atoms with Gasteiger partial charge < -0.3 is 10.5 Å². The second-order valence-electron chi connectivity index (χ2n) is 4.48. The summed E-state index contributed by atoms with van der Waals surface area (Å²) in [5.74, 6) is 1.29. The highest BCUT2D eigenvalue weighted by atomic mass is 32.2. The van der Waals surface area contributed by atoms with E-state index in [1.54, 1.807) is 23.1 Å². The molecule has 0 bridgehead atoms. The second kappa shape index (κ2) is 8.17. The largest absolute Gasteiger partial charge is 0.468 e. The first kappa shape index (κ1) is 16.0. The van der Waals surface area contributed by atoms with E-state index in [1.807, 2.05) is 18.2 Å². The van der Waals surface area contributed by atoms with Crippen molar-refractivity contribution in [1.29, 1.82) is 0 Å². The molecular formula is C15H18N2O2S2. The van der Waals surface area contributed by atoms with Gasteiger partial charge in [-0.1, -0.05) is 30.3 Å². The Hall–Kier alpha value is -1.37. The molecule has 0 aliphatic heterocycles. The van der Waals surface area contributed by atoms with Crippen molar-refractivity contribution >= 4 is 29.1 Å². The minimum absolute atomic E-state index is 0.351. The normalized spacial score (nSPS) is 12.1. The molecule has 2 rings (SSSR count). The third-order valence-electron chi connectivity index (χ3n) is 2.90. The number of thioether (sulfide) groups is 1. The van der Waals surface area contributed by atoms with Crippen molar-refractivity contribution in [1.82, 2.24) is 4.98 Å². The quantitative estimate of drug-likeness (QED) is 0.627. The lowest BCUT2D eigenvalue weighted by Gasteiger charge is -2.07. The van der Waals surface area contributed by atoms with Crippen LogP contribution in [0.1, 0.15) is 12.1 Å². The van der Waals surface area contributed by atoms with Crippen molar-refractivity contribution < 1.29 is 9.53 Å². The Kier molecular flexibility index (Phi) is 6.22. The number of hydrogen-bond donors (Lipinski definition) is 1. The molecule has 1 unspecified atom stereocenters. The number of thiazole rings is 1. The van der Waals surface area contributed by atoms with Crippen LogP contribution in [0.25, 0.3) is 10.6 Å². The van der Waals surface area contributed by atoms with Crippen molar-refractivity contribution in [3.05, 3.63) is 41.4 Å². The Morgan fingerprint density at radius 1 is 1.43 bits per heavy atom. The first-order valence-electron chi connectivity index (χ1n) is 6.61. The van der Waals surface area contributed by atoms with E-state index in [9.17, 15) is 4.79 Å². The molecule has 0 aliphatic rings. The van der Waals surface area contributed by atoms with Gasteiger partial charge in [-0.15, -0.1) is 11.3 Å². The van der Waals surface area contributed by atoms with Crippen LogP contribution in [0.4, 0.5) is 0 Å². The number of carbonyl (C=O) groups excluding carboxylic acids is 1. The zero-order valence-electron chi connectivity index (χ0n) is 11.8. The summed E-state index contributed by atoms with van der Waals surface area (Å²) in [6.45, 7) is 0. The van der Waals surface area contributed by atoms with Crippen molar-refractivity contribution in [2.75, 3.05) is 12.9 Å². The molecule has 0 aliphatic carbocycles. The van der Waals surface area contributed by atoms with Crippen molar-refractivity contribution in [2.24, 2.45) is 5.73 Å². The van der Waals surface area contributed by atoms with Gasteiger partial charge in [-0.05, 0) is 12.2 Å². The summed E-state index contributed by atoms with van der Waals surface area (Å²) in [5, 5.41) is 3.12. The molecule has 2 N–H and O–H groups in total. The minimum Gasteiger partial charge on any atom is -0.468 e. The molecule has 0 radical (unpaired) electrons. The van der Waals surface area contributed by atoms with E-state index in [-0.39, 0.29) is 5.97 Å². The number of benzene rings is 1. The van der Waals surface area contributed by atoms with Gasteiger partial charge in [0, 0.05) is 16.7 Å². The van der Waals surface area contributed by atoms with Gasteiger partial charge in [-0.2, -0.15) is 11.8 Å². The summed E-state index contributed by atoms with van der Waals surface area (Å²) in [5.41, 5.74) is 7.90. The summed E-state index contributed by atoms with van der Waals surface area (Å²) in [6, 6.07) is 9.62. The highest BCUT2D eigenvalue weighted by Gasteiger charge is 2.13. The van der Waals surface area contributed by atoms with Crippen LogP contribution in [-0.2, 0) is 15.3 Å². The van der Waals surface area contributed by atoms with Crippen molar-refractivity contribution in [3.63, 3.8) is 0 Å². The van der Waals surface area contributed by atoms with Crippen LogP contribution in [0.5, 0.6) is 0 Å². The number of ether oxygens (including phenoxy) is 1. The fraction of sp³-hybridized carbons (Fsp3) is 0.333. The van der Waals surface area contributed by atoms with Crippen molar-refractivity contribution in [2.45, 2.75) is 18.2 Å². The lowest BCUT2D eigenvalue weighted by atomic mass is 10.2. The lowest BCUT2D eigenvalue weighted by Crippen LogP contribution is -2.31. The maximum Gasteiger partial charge on any atom is 0.322 e. The standard InChI is InChI=1S/C15H18N2O2S2/c1-19-15(18)13(16)7-8-20-9-12-10-21-14(17-12)11-5-3-2-4-6-11/h2-6,10,13H,7-9,16H2,1H3. The lowest BCUT2D eigenvalue weighted by molar-refractivity contribution is -0.142. The zero-order chi connectivity index (χ0) is 15.1. The molecular weight excluding hydrogens is 304 g/mol. The Morgan fingerprint density at radius 3 is 2.90 bits per heavy atom. The molecule has 4 nitrogen and oxygen atoms in total. The molecule has 2 aromatic rings. The summed E-state index contributed by atoms with van der Waals surface area (Å²) in [7, 11) is 1.36. The molecule has 1 atom stereocenters. The molecule has 0 fully saturated rings. The molecule has 6 heteroatoms. The Morgan fingerprint density at radius 2 is 2.19 bits per heavy atom. The van der Waals surface area contributed by atoms with Crippen LogP contribution in [0, 0.1) is 0 Å². The van der Waals surface area contributed by atoms with Crippen LogP contribution in [0.2, 0.25) is 0 Å². The molecule has 1 aromatic heterocycles. The van der Waals surface area contributed by atoms with E-state index in [1.165, 1.54) is 7.11 Å². The molecule has 0 spiro atoms. The molecule has 21 heavy (non-hydrogen) atoms. The average Bonchev–Trinajstić information content (AvgIpc) is 3.00. The van der Waals surface area contributed by atoms with E-state index >= 15 is 0 Å². The van der Waals surface area contributed by atoms with Crippen molar-refractivity contribution in [3.8, 4) is 10.6 Å². The number of nitrogens with zero attached hydrogens (tertiary/aromatic N) is 1. The van der Waals surface area contributed by atoms with Gasteiger partial charge in [0.15, 0.2) is 0 Å². The Balaban J connectivity index is 1.77. The number of carbonyl (C=O) groups is 1. The number of esters is 1. The highest BCUT2D eigenvalue weighted by Crippen LogP contribution is 2.25. The van der Waals surface area contributed by atoms with Crippen LogP contribution in [0.15, 0.2) is 35.7 Å². The summed E-state index contributed by atoms with van der Waals surface area (Å²) >= 11 is 3.38. The van der Waals surface area contributed by atoms with E-state index in [4.69, 9.17) is 5.73 Å². The smallest absolute Gasteiger partial charge is 0.322 e. The van der Waals surface area contributed by atoms with E-state index < -0.39 is 6.04 Å². The van der Waals surface area contributed by atoms with E-state index in [0.29, 0.717) is 6.42 Å². The molecule has 112 valence electrons. The summed E-state index contributed by atoms with van der Waals surface area (Å²) in [4.78, 5) is 15.8. The van der Waals surface area contributed by atoms with E-state index in [2.05, 4.69) is 27.2 Å². The summed E-state index contributed by atoms with van der Waals surface area (Å²) < 4.78 is 4.60. The predicted molar refractivity (Wildman–Crippen MR) is 88.3 cm³/mol. The van der Waals surface area contributed by atoms with Gasteiger partial charge in [-0.25, -0.2) is 4.98 Å². The fourth-order valence-electron chi connectivity index (χ4n) is 1.74. The first-order chi connectivity index (χ1) is 10.2. The molecule has 1 heterocycles. The van der Waals surface area contributed by atoms with Crippen LogP contribution < -0.4 is 5.73 Å². The monoisotopic (exact) mass is 322 g/mol. The van der Waals surface area contributed by atoms with Gasteiger partial charge in [0.1, 0.15) is 11.0 Å². The third kappa shape index (κ3) is 4.84. The second-order valence-corrected chi connectivity index (χ2v) is 6.44. The topological polar surface area (TPSA) is 65.2 Å². The van der Waals surface area contributed by atoms with Gasteiger partial charge in [0.2, 0.25) is 0 Å². The highest BCUT2D eigenvalue weighted by molar-refractivity contribution is 7.98. The maximum atomic E-state index is 11.2. The molecule has 0 amide bonds. The van der Waals surface area contributed by atoms with Crippen LogP contribution in [0.3, 0.4) is 0 Å². The first-order valence-corrected chi connectivity index (χ1v) is 8.65. The van der Waals surface area contributed by atoms with Gasteiger partial charge in [0.25, 0.3) is 0 Å². The maximum absolute atomic E-state index is 11.2.